The molecule has 2 rings (SSSR count). The molecule has 0 aliphatic heterocycles. The van der Waals surface area contributed by atoms with Gasteiger partial charge in [0.2, 0.25) is 0 Å². The number of nitriles is 1. The minimum atomic E-state index is 0.573. The van der Waals surface area contributed by atoms with Crippen LogP contribution in [0.15, 0.2) is 12.3 Å². The molecule has 1 N–H and O–H groups in total. The van der Waals surface area contributed by atoms with Crippen molar-refractivity contribution in [3.05, 3.63) is 17.8 Å². The van der Waals surface area contributed by atoms with Gasteiger partial charge in [-0.05, 0) is 24.3 Å². The molecule has 0 spiro atoms. The Hall–Kier alpha value is -1.63. The van der Waals surface area contributed by atoms with Gasteiger partial charge in [0.15, 0.2) is 5.82 Å². The number of hydrogen-bond acceptors (Lipinski definition) is 4. The molecule has 0 radical (unpaired) electrons. The van der Waals surface area contributed by atoms with Crippen LogP contribution in [0.2, 0.25) is 0 Å². The highest BCUT2D eigenvalue weighted by Crippen LogP contribution is 2.29. The lowest BCUT2D eigenvalue weighted by atomic mass is 9.80. The third-order valence-electron chi connectivity index (χ3n) is 3.66. The molecule has 1 aliphatic carbocycles. The lowest BCUT2D eigenvalue weighted by molar-refractivity contribution is 0.268. The molecule has 1 aromatic rings. The Morgan fingerprint density at radius 1 is 1.47 bits per heavy atom. The minimum Gasteiger partial charge on any atom is -0.367 e. The summed E-state index contributed by atoms with van der Waals surface area (Å²) in [6.45, 7) is 3.21. The fraction of sp³-hybridized carbons (Fsp3) is 0.615. The number of anilines is 1. The van der Waals surface area contributed by atoms with Gasteiger partial charge in [-0.1, -0.05) is 26.2 Å². The fourth-order valence-corrected chi connectivity index (χ4v) is 2.48. The van der Waals surface area contributed by atoms with Gasteiger partial charge in [0.1, 0.15) is 6.07 Å². The Morgan fingerprint density at radius 2 is 2.29 bits per heavy atom. The van der Waals surface area contributed by atoms with E-state index in [1.165, 1.54) is 25.7 Å². The van der Waals surface area contributed by atoms with Crippen LogP contribution < -0.4 is 5.32 Å². The zero-order valence-corrected chi connectivity index (χ0v) is 10.2. The molecule has 1 aromatic heterocycles. The molecular weight excluding hydrogens is 212 g/mol. The SMILES string of the molecule is CC1CCCCC1CNc1nnccc1C#N. The van der Waals surface area contributed by atoms with E-state index in [0.717, 1.165) is 12.5 Å². The first-order chi connectivity index (χ1) is 8.31. The van der Waals surface area contributed by atoms with Gasteiger partial charge < -0.3 is 5.32 Å². The van der Waals surface area contributed by atoms with Crippen LogP contribution in [0.4, 0.5) is 5.82 Å². The van der Waals surface area contributed by atoms with Crippen LogP contribution in [0.5, 0.6) is 0 Å². The van der Waals surface area contributed by atoms with Gasteiger partial charge in [-0.15, -0.1) is 5.10 Å². The Balaban J connectivity index is 1.95. The van der Waals surface area contributed by atoms with Gasteiger partial charge in [0, 0.05) is 6.54 Å². The molecule has 0 amide bonds. The van der Waals surface area contributed by atoms with Gasteiger partial charge in [0.25, 0.3) is 0 Å². The third-order valence-corrected chi connectivity index (χ3v) is 3.66. The summed E-state index contributed by atoms with van der Waals surface area (Å²) in [6, 6.07) is 3.82. The van der Waals surface area contributed by atoms with E-state index in [0.29, 0.717) is 17.3 Å². The van der Waals surface area contributed by atoms with Crippen LogP contribution in [0.3, 0.4) is 0 Å². The largest absolute Gasteiger partial charge is 0.367 e. The molecular formula is C13H18N4. The van der Waals surface area contributed by atoms with Crippen LogP contribution in [0, 0.1) is 23.2 Å². The summed E-state index contributed by atoms with van der Waals surface area (Å²) in [5.74, 6) is 2.07. The molecule has 17 heavy (non-hydrogen) atoms. The van der Waals surface area contributed by atoms with Crippen molar-refractivity contribution >= 4 is 5.82 Å². The molecule has 1 aliphatic rings. The van der Waals surface area contributed by atoms with Crippen molar-refractivity contribution in [1.29, 1.82) is 5.26 Å². The van der Waals surface area contributed by atoms with E-state index in [-0.39, 0.29) is 0 Å². The van der Waals surface area contributed by atoms with E-state index in [4.69, 9.17) is 5.26 Å². The van der Waals surface area contributed by atoms with Crippen LogP contribution in [-0.2, 0) is 0 Å². The molecule has 0 saturated heterocycles. The number of rotatable bonds is 3. The zero-order valence-electron chi connectivity index (χ0n) is 10.2. The number of hydrogen-bond donors (Lipinski definition) is 1. The standard InChI is InChI=1S/C13H18N4/c1-10-4-2-3-5-12(10)9-15-13-11(8-14)6-7-16-17-13/h6-7,10,12H,2-5,9H2,1H3,(H,15,17). The topological polar surface area (TPSA) is 61.6 Å². The average Bonchev–Trinajstić information content (AvgIpc) is 2.38. The summed E-state index contributed by atoms with van der Waals surface area (Å²) in [6.07, 6.45) is 6.82. The van der Waals surface area contributed by atoms with E-state index >= 15 is 0 Å². The Kier molecular flexibility index (Phi) is 3.92. The molecule has 1 fully saturated rings. The van der Waals surface area contributed by atoms with Gasteiger partial charge in [-0.2, -0.15) is 10.4 Å². The first-order valence-corrected chi connectivity index (χ1v) is 6.27. The maximum absolute atomic E-state index is 8.95. The second-order valence-corrected chi connectivity index (χ2v) is 4.81. The van der Waals surface area contributed by atoms with Crippen LogP contribution in [0.25, 0.3) is 0 Å². The van der Waals surface area contributed by atoms with Crippen molar-refractivity contribution in [3.63, 3.8) is 0 Å². The van der Waals surface area contributed by atoms with E-state index in [9.17, 15) is 0 Å². The monoisotopic (exact) mass is 230 g/mol. The van der Waals surface area contributed by atoms with Crippen molar-refractivity contribution in [2.75, 3.05) is 11.9 Å². The Bertz CT molecular complexity index is 410. The Morgan fingerprint density at radius 3 is 3.06 bits per heavy atom. The molecule has 4 nitrogen and oxygen atoms in total. The van der Waals surface area contributed by atoms with Gasteiger partial charge in [0.05, 0.1) is 11.8 Å². The van der Waals surface area contributed by atoms with Gasteiger partial charge in [-0.3, -0.25) is 0 Å². The summed E-state index contributed by atoms with van der Waals surface area (Å²) in [7, 11) is 0. The van der Waals surface area contributed by atoms with Crippen molar-refractivity contribution in [2.24, 2.45) is 11.8 Å². The van der Waals surface area contributed by atoms with Crippen molar-refractivity contribution in [1.82, 2.24) is 10.2 Å². The highest BCUT2D eigenvalue weighted by molar-refractivity contribution is 5.50. The first-order valence-electron chi connectivity index (χ1n) is 6.27. The molecule has 0 aromatic carbocycles. The van der Waals surface area contributed by atoms with Crippen molar-refractivity contribution in [2.45, 2.75) is 32.6 Å². The molecule has 1 heterocycles. The number of nitrogens with one attached hydrogen (secondary N) is 1. The maximum Gasteiger partial charge on any atom is 0.166 e. The van der Waals surface area contributed by atoms with Crippen LogP contribution >= 0.6 is 0 Å². The van der Waals surface area contributed by atoms with E-state index in [2.05, 4.69) is 28.5 Å². The summed E-state index contributed by atoms with van der Waals surface area (Å²) in [5.41, 5.74) is 0.573. The summed E-state index contributed by atoms with van der Waals surface area (Å²) >= 11 is 0. The third kappa shape index (κ3) is 2.94. The van der Waals surface area contributed by atoms with E-state index in [1.807, 2.05) is 0 Å². The fourth-order valence-electron chi connectivity index (χ4n) is 2.48. The smallest absolute Gasteiger partial charge is 0.166 e. The highest BCUT2D eigenvalue weighted by Gasteiger charge is 2.21. The number of nitrogens with zero attached hydrogens (tertiary/aromatic N) is 3. The highest BCUT2D eigenvalue weighted by atomic mass is 15.2. The second kappa shape index (κ2) is 5.62. The van der Waals surface area contributed by atoms with Crippen LogP contribution in [-0.4, -0.2) is 16.7 Å². The van der Waals surface area contributed by atoms with Gasteiger partial charge in [-0.25, -0.2) is 0 Å². The average molecular weight is 230 g/mol. The quantitative estimate of drug-likeness (QED) is 0.867. The van der Waals surface area contributed by atoms with Crippen LogP contribution in [0.1, 0.15) is 38.2 Å². The maximum atomic E-state index is 8.95. The second-order valence-electron chi connectivity index (χ2n) is 4.81. The van der Waals surface area contributed by atoms with Gasteiger partial charge >= 0.3 is 0 Å². The Labute approximate surface area is 102 Å². The van der Waals surface area contributed by atoms with Crippen molar-refractivity contribution in [3.8, 4) is 6.07 Å². The summed E-state index contributed by atoms with van der Waals surface area (Å²) < 4.78 is 0. The normalized spacial score (nSPS) is 24.0. The predicted octanol–water partition coefficient (Wildman–Crippen LogP) is 2.59. The summed E-state index contributed by atoms with van der Waals surface area (Å²) in [5, 5.41) is 20.0. The lowest BCUT2D eigenvalue weighted by Crippen LogP contribution is -2.25. The molecule has 0 bridgehead atoms. The van der Waals surface area contributed by atoms with E-state index in [1.54, 1.807) is 12.3 Å². The summed E-state index contributed by atoms with van der Waals surface area (Å²) in [4.78, 5) is 0. The molecule has 4 heteroatoms. The first kappa shape index (κ1) is 11.8. The van der Waals surface area contributed by atoms with E-state index < -0.39 is 0 Å². The molecule has 2 unspecified atom stereocenters. The predicted molar refractivity (Wildman–Crippen MR) is 66.4 cm³/mol. The lowest BCUT2D eigenvalue weighted by Gasteiger charge is -2.28. The van der Waals surface area contributed by atoms with Crippen molar-refractivity contribution < 1.29 is 0 Å². The minimum absolute atomic E-state index is 0.573. The zero-order chi connectivity index (χ0) is 12.1. The molecule has 2 atom stereocenters. The molecule has 1 saturated carbocycles. The number of aromatic nitrogens is 2. The molecule has 90 valence electrons.